The Balaban J connectivity index is 1.15. The van der Waals surface area contributed by atoms with Gasteiger partial charge in [-0.2, -0.15) is 0 Å². The molecule has 1 aromatic carbocycles. The van der Waals surface area contributed by atoms with Crippen molar-refractivity contribution in [1.29, 1.82) is 0 Å². The van der Waals surface area contributed by atoms with E-state index in [0.717, 1.165) is 5.56 Å². The number of likely N-dealkylation sites (tertiary alicyclic amines) is 2. The van der Waals surface area contributed by atoms with Gasteiger partial charge in [-0.25, -0.2) is 9.97 Å². The fraction of sp³-hybridized carbons (Fsp3) is 0.387. The lowest BCUT2D eigenvalue weighted by Gasteiger charge is -2.43. The Labute approximate surface area is 251 Å². The second-order valence-electron chi connectivity index (χ2n) is 11.4. The van der Waals surface area contributed by atoms with E-state index in [4.69, 9.17) is 0 Å². The number of fused-ring (bicyclic) bond motifs is 1. The van der Waals surface area contributed by atoms with Gasteiger partial charge >= 0.3 is 0 Å². The maximum atomic E-state index is 14.0. The second-order valence-corrected chi connectivity index (χ2v) is 12.2. The number of halogens is 1. The molecule has 0 radical (unpaired) electrons. The highest BCUT2D eigenvalue weighted by molar-refractivity contribution is 9.10. The Bertz CT molecular complexity index is 1680. The van der Waals surface area contributed by atoms with Crippen molar-refractivity contribution in [3.8, 4) is 0 Å². The van der Waals surface area contributed by atoms with Crippen LogP contribution >= 0.6 is 15.9 Å². The molecule has 2 aliphatic heterocycles. The van der Waals surface area contributed by atoms with Crippen molar-refractivity contribution in [2.24, 2.45) is 13.0 Å². The van der Waals surface area contributed by atoms with Gasteiger partial charge in [-0.1, -0.05) is 30.3 Å². The van der Waals surface area contributed by atoms with Crippen LogP contribution in [0, 0.1) is 5.92 Å². The first-order valence-electron chi connectivity index (χ1n) is 14.2. The quantitative estimate of drug-likeness (QED) is 0.338. The lowest BCUT2D eigenvalue weighted by atomic mass is 9.79. The van der Waals surface area contributed by atoms with Crippen molar-refractivity contribution in [2.75, 3.05) is 26.2 Å². The highest BCUT2D eigenvalue weighted by atomic mass is 79.9. The SMILES string of the molecule is Cn1ccc2c(=O)n(CC3(O)CCN(C(=O)[C@@H]4CCN(C(=O)c5ccnc(Br)c5)C[C@H]4c4ccccc4)CC3)cnc21. The Morgan fingerprint density at radius 2 is 1.81 bits per heavy atom. The van der Waals surface area contributed by atoms with E-state index in [0.29, 0.717) is 66.6 Å². The van der Waals surface area contributed by atoms with Crippen molar-refractivity contribution in [2.45, 2.75) is 37.3 Å². The van der Waals surface area contributed by atoms with E-state index in [2.05, 4.69) is 25.9 Å². The van der Waals surface area contributed by atoms with Crippen molar-refractivity contribution < 1.29 is 14.7 Å². The summed E-state index contributed by atoms with van der Waals surface area (Å²) in [5.74, 6) is -0.454. The summed E-state index contributed by atoms with van der Waals surface area (Å²) in [6.45, 7) is 1.85. The third-order valence-corrected chi connectivity index (χ3v) is 9.17. The lowest BCUT2D eigenvalue weighted by Crippen LogP contribution is -2.53. The first-order valence-corrected chi connectivity index (χ1v) is 15.0. The summed E-state index contributed by atoms with van der Waals surface area (Å²) in [5, 5.41) is 11.9. The molecule has 1 N–H and O–H groups in total. The van der Waals surface area contributed by atoms with Crippen molar-refractivity contribution in [1.82, 2.24) is 28.9 Å². The highest BCUT2D eigenvalue weighted by Crippen LogP contribution is 2.36. The molecule has 42 heavy (non-hydrogen) atoms. The van der Waals surface area contributed by atoms with Gasteiger partial charge in [0.15, 0.2) is 0 Å². The Morgan fingerprint density at radius 3 is 2.55 bits per heavy atom. The molecule has 0 aliphatic carbocycles. The number of aryl methyl sites for hydroxylation is 1. The number of benzene rings is 1. The van der Waals surface area contributed by atoms with E-state index in [1.54, 1.807) is 35.2 Å². The van der Waals surface area contributed by atoms with Gasteiger partial charge in [0.2, 0.25) is 5.91 Å². The third kappa shape index (κ3) is 5.50. The van der Waals surface area contributed by atoms with Crippen LogP contribution in [-0.4, -0.2) is 77.6 Å². The van der Waals surface area contributed by atoms with Gasteiger partial charge in [-0.05, 0) is 59.0 Å². The minimum Gasteiger partial charge on any atom is -0.388 e. The molecule has 218 valence electrons. The van der Waals surface area contributed by atoms with Crippen LogP contribution in [0.5, 0.6) is 0 Å². The van der Waals surface area contributed by atoms with Gasteiger partial charge < -0.3 is 19.5 Å². The van der Waals surface area contributed by atoms with Crippen LogP contribution in [0.15, 0.2) is 76.6 Å². The molecule has 2 atom stereocenters. The summed E-state index contributed by atoms with van der Waals surface area (Å²) in [4.78, 5) is 52.5. The second kappa shape index (κ2) is 11.4. The minimum atomic E-state index is -1.11. The number of aliphatic hydroxyl groups is 1. The summed E-state index contributed by atoms with van der Waals surface area (Å²) < 4.78 is 3.87. The summed E-state index contributed by atoms with van der Waals surface area (Å²) in [5.41, 5.74) is 0.903. The van der Waals surface area contributed by atoms with Crippen LogP contribution < -0.4 is 5.56 Å². The standard InChI is InChI=1S/C31H33BrN6O4/c1-35-13-8-24-27(35)34-20-38(30(24)41)19-31(42)10-15-36(16-11-31)29(40)23-9-14-37(18-25(23)21-5-3-2-4-6-21)28(39)22-7-12-33-26(32)17-22/h2-8,12-13,17,20,23,25,42H,9-11,14-16,18-19H2,1H3/t23-,25+/m1/s1. The van der Waals surface area contributed by atoms with Gasteiger partial charge in [-0.3, -0.25) is 19.0 Å². The van der Waals surface area contributed by atoms with Gasteiger partial charge in [0.25, 0.3) is 11.5 Å². The Morgan fingerprint density at radius 1 is 1.05 bits per heavy atom. The summed E-state index contributed by atoms with van der Waals surface area (Å²) in [6, 6.07) is 15.1. The number of carbonyl (C=O) groups is 2. The lowest BCUT2D eigenvalue weighted by molar-refractivity contribution is -0.142. The van der Waals surface area contributed by atoms with E-state index in [1.165, 1.54) is 10.9 Å². The van der Waals surface area contributed by atoms with E-state index >= 15 is 0 Å². The molecule has 5 heterocycles. The minimum absolute atomic E-state index is 0.0502. The number of pyridine rings is 1. The van der Waals surface area contributed by atoms with Crippen LogP contribution in [0.1, 0.15) is 41.1 Å². The molecule has 6 rings (SSSR count). The molecule has 0 spiro atoms. The molecule has 4 aromatic rings. The number of aromatic nitrogens is 4. The number of hydrogen-bond donors (Lipinski definition) is 1. The first kappa shape index (κ1) is 28.3. The molecule has 10 nitrogen and oxygen atoms in total. The van der Waals surface area contributed by atoms with Crippen molar-refractivity contribution in [3.63, 3.8) is 0 Å². The number of amides is 2. The van der Waals surface area contributed by atoms with Crippen LogP contribution in [-0.2, 0) is 18.4 Å². The fourth-order valence-electron chi connectivity index (χ4n) is 6.33. The number of piperidine rings is 2. The van der Waals surface area contributed by atoms with Crippen molar-refractivity contribution in [3.05, 3.63) is 93.3 Å². The van der Waals surface area contributed by atoms with E-state index in [-0.39, 0.29) is 35.8 Å². The molecule has 2 aliphatic rings. The predicted octanol–water partition coefficient (Wildman–Crippen LogP) is 3.19. The van der Waals surface area contributed by atoms with Gasteiger partial charge in [0.05, 0.1) is 17.5 Å². The summed E-state index contributed by atoms with van der Waals surface area (Å²) in [6.07, 6.45) is 6.17. The molecule has 2 saturated heterocycles. The van der Waals surface area contributed by atoms with E-state index < -0.39 is 5.60 Å². The van der Waals surface area contributed by atoms with Crippen LogP contribution in [0.4, 0.5) is 0 Å². The average Bonchev–Trinajstić information content (AvgIpc) is 3.39. The monoisotopic (exact) mass is 632 g/mol. The maximum absolute atomic E-state index is 14.0. The molecule has 2 fully saturated rings. The molecule has 0 saturated carbocycles. The number of nitrogens with zero attached hydrogens (tertiary/aromatic N) is 6. The largest absolute Gasteiger partial charge is 0.388 e. The topological polar surface area (TPSA) is 114 Å². The normalized spacial score (nSPS) is 20.5. The van der Waals surface area contributed by atoms with E-state index in [1.807, 2.05) is 47.2 Å². The molecule has 11 heteroatoms. The molecule has 0 unspecified atom stereocenters. The zero-order chi connectivity index (χ0) is 29.4. The van der Waals surface area contributed by atoms with Crippen LogP contribution in [0.3, 0.4) is 0 Å². The number of hydrogen-bond acceptors (Lipinski definition) is 6. The van der Waals surface area contributed by atoms with E-state index in [9.17, 15) is 19.5 Å². The van der Waals surface area contributed by atoms with Gasteiger partial charge in [0.1, 0.15) is 16.6 Å². The van der Waals surface area contributed by atoms with Gasteiger partial charge in [-0.15, -0.1) is 0 Å². The third-order valence-electron chi connectivity index (χ3n) is 8.74. The molecule has 3 aromatic heterocycles. The number of rotatable bonds is 5. The maximum Gasteiger partial charge on any atom is 0.262 e. The highest BCUT2D eigenvalue weighted by Gasteiger charge is 2.41. The van der Waals surface area contributed by atoms with Crippen LogP contribution in [0.2, 0.25) is 0 Å². The Hall–Kier alpha value is -3.83. The molecular weight excluding hydrogens is 600 g/mol. The fourth-order valence-corrected chi connectivity index (χ4v) is 6.70. The molecule has 2 amide bonds. The Kier molecular flexibility index (Phi) is 7.71. The van der Waals surface area contributed by atoms with Crippen LogP contribution in [0.25, 0.3) is 11.0 Å². The first-order chi connectivity index (χ1) is 20.2. The summed E-state index contributed by atoms with van der Waals surface area (Å²) >= 11 is 3.35. The zero-order valence-corrected chi connectivity index (χ0v) is 25.0. The van der Waals surface area contributed by atoms with Gasteiger partial charge in [0, 0.05) is 63.0 Å². The van der Waals surface area contributed by atoms with Crippen molar-refractivity contribution >= 4 is 38.8 Å². The predicted molar refractivity (Wildman–Crippen MR) is 161 cm³/mol. The average molecular weight is 634 g/mol. The summed E-state index contributed by atoms with van der Waals surface area (Å²) in [7, 11) is 1.84. The molecular formula is C31H33BrN6O4. The smallest absolute Gasteiger partial charge is 0.262 e. The molecule has 0 bridgehead atoms. The zero-order valence-electron chi connectivity index (χ0n) is 23.4. The number of carbonyl (C=O) groups excluding carboxylic acids is 2.